The molecule has 7 nitrogen and oxygen atoms in total. The van der Waals surface area contributed by atoms with Gasteiger partial charge in [0.15, 0.2) is 11.5 Å². The quantitative estimate of drug-likeness (QED) is 0.487. The standard InChI is InChI=1S/C20H21N3O4/c1-23-9-15(16-6-12-4-3-5-21-20(12)22-16)14-7-19(27-11-13(25)10-24)18(26-2)8-17(14)23/h3-9,13,24-25H,10-11H2,1-2H3,(H,21,22)/t13-/m0/s1. The van der Waals surface area contributed by atoms with Gasteiger partial charge in [0.1, 0.15) is 18.4 Å². The Kier molecular flexibility index (Phi) is 4.47. The van der Waals surface area contributed by atoms with Crippen molar-refractivity contribution in [3.63, 3.8) is 0 Å². The Labute approximate surface area is 155 Å². The van der Waals surface area contributed by atoms with Crippen LogP contribution in [0, 0.1) is 0 Å². The van der Waals surface area contributed by atoms with E-state index in [-0.39, 0.29) is 13.2 Å². The minimum atomic E-state index is -0.944. The van der Waals surface area contributed by atoms with Crippen LogP contribution >= 0.6 is 0 Å². The summed E-state index contributed by atoms with van der Waals surface area (Å²) in [5.74, 6) is 1.08. The van der Waals surface area contributed by atoms with E-state index in [2.05, 4.69) is 16.0 Å². The van der Waals surface area contributed by atoms with Crippen molar-refractivity contribution in [3.8, 4) is 22.8 Å². The topological polar surface area (TPSA) is 92.5 Å². The molecule has 3 aromatic heterocycles. The van der Waals surface area contributed by atoms with Crippen LogP contribution in [0.15, 0.2) is 42.7 Å². The van der Waals surface area contributed by atoms with Gasteiger partial charge >= 0.3 is 0 Å². The summed E-state index contributed by atoms with van der Waals surface area (Å²) >= 11 is 0. The van der Waals surface area contributed by atoms with Gasteiger partial charge in [-0.3, -0.25) is 0 Å². The number of methoxy groups -OCH3 is 1. The van der Waals surface area contributed by atoms with Crippen molar-refractivity contribution in [2.45, 2.75) is 6.10 Å². The molecule has 0 unspecified atom stereocenters. The number of pyridine rings is 1. The molecule has 4 aromatic rings. The van der Waals surface area contributed by atoms with Crippen LogP contribution in [0.5, 0.6) is 11.5 Å². The largest absolute Gasteiger partial charge is 0.493 e. The van der Waals surface area contributed by atoms with E-state index in [0.29, 0.717) is 11.5 Å². The molecule has 1 atom stereocenters. The number of H-pyrrole nitrogens is 1. The van der Waals surface area contributed by atoms with E-state index in [1.165, 1.54) is 0 Å². The minimum absolute atomic E-state index is 0.0170. The monoisotopic (exact) mass is 367 g/mol. The lowest BCUT2D eigenvalue weighted by Crippen LogP contribution is -2.21. The highest BCUT2D eigenvalue weighted by Crippen LogP contribution is 2.38. The number of aliphatic hydroxyl groups excluding tert-OH is 2. The van der Waals surface area contributed by atoms with Crippen LogP contribution in [0.1, 0.15) is 0 Å². The second-order valence-corrected chi connectivity index (χ2v) is 6.45. The third-order valence-electron chi connectivity index (χ3n) is 4.60. The predicted octanol–water partition coefficient (Wildman–Crippen LogP) is 2.46. The normalized spacial score (nSPS) is 12.6. The van der Waals surface area contributed by atoms with Crippen molar-refractivity contribution in [2.24, 2.45) is 7.05 Å². The molecule has 140 valence electrons. The molecule has 0 saturated heterocycles. The van der Waals surface area contributed by atoms with Crippen LogP contribution in [0.3, 0.4) is 0 Å². The number of hydrogen-bond donors (Lipinski definition) is 3. The van der Waals surface area contributed by atoms with Crippen molar-refractivity contribution in [1.29, 1.82) is 0 Å². The molecule has 0 spiro atoms. The number of hydrogen-bond acceptors (Lipinski definition) is 5. The number of aromatic nitrogens is 3. The number of aromatic amines is 1. The maximum atomic E-state index is 9.58. The smallest absolute Gasteiger partial charge is 0.162 e. The number of aliphatic hydroxyl groups is 2. The summed E-state index contributed by atoms with van der Waals surface area (Å²) in [6, 6.07) is 9.79. The maximum absolute atomic E-state index is 9.58. The van der Waals surface area contributed by atoms with E-state index in [1.807, 2.05) is 42.1 Å². The summed E-state index contributed by atoms with van der Waals surface area (Å²) < 4.78 is 13.1. The molecule has 0 aliphatic rings. The number of ether oxygens (including phenoxy) is 2. The molecular formula is C20H21N3O4. The highest BCUT2D eigenvalue weighted by Gasteiger charge is 2.16. The SMILES string of the molecule is COc1cc2c(cc1OC[C@@H](O)CO)c(-c1cc3cccnc3[nH]1)cn2C. The number of nitrogens with one attached hydrogen (secondary N) is 1. The molecule has 0 amide bonds. The van der Waals surface area contributed by atoms with Crippen LogP contribution in [-0.4, -0.2) is 51.2 Å². The Morgan fingerprint density at radius 3 is 2.85 bits per heavy atom. The Bertz CT molecular complexity index is 1070. The van der Waals surface area contributed by atoms with Crippen molar-refractivity contribution in [1.82, 2.24) is 14.5 Å². The highest BCUT2D eigenvalue weighted by molar-refractivity contribution is 5.99. The minimum Gasteiger partial charge on any atom is -0.493 e. The van der Waals surface area contributed by atoms with E-state index in [0.717, 1.165) is 33.2 Å². The van der Waals surface area contributed by atoms with Gasteiger partial charge in [0.2, 0.25) is 0 Å². The molecule has 0 fully saturated rings. The lowest BCUT2D eigenvalue weighted by atomic mass is 10.1. The van der Waals surface area contributed by atoms with Gasteiger partial charge in [-0.25, -0.2) is 4.98 Å². The molecule has 4 rings (SSSR count). The summed E-state index contributed by atoms with van der Waals surface area (Å²) in [5, 5.41) is 20.6. The van der Waals surface area contributed by atoms with E-state index < -0.39 is 6.10 Å². The predicted molar refractivity (Wildman–Crippen MR) is 103 cm³/mol. The van der Waals surface area contributed by atoms with Crippen molar-refractivity contribution >= 4 is 21.9 Å². The summed E-state index contributed by atoms with van der Waals surface area (Å²) in [4.78, 5) is 7.71. The average molecular weight is 367 g/mol. The maximum Gasteiger partial charge on any atom is 0.162 e. The fourth-order valence-electron chi connectivity index (χ4n) is 3.22. The van der Waals surface area contributed by atoms with Crippen LogP contribution < -0.4 is 9.47 Å². The zero-order valence-corrected chi connectivity index (χ0v) is 15.1. The van der Waals surface area contributed by atoms with E-state index >= 15 is 0 Å². The van der Waals surface area contributed by atoms with E-state index in [9.17, 15) is 5.11 Å². The number of fused-ring (bicyclic) bond motifs is 2. The molecule has 1 aromatic carbocycles. The van der Waals surface area contributed by atoms with Crippen molar-refractivity contribution in [3.05, 3.63) is 42.7 Å². The number of rotatable bonds is 6. The molecule has 0 bridgehead atoms. The third-order valence-corrected chi connectivity index (χ3v) is 4.60. The second kappa shape index (κ2) is 6.94. The zero-order chi connectivity index (χ0) is 19.0. The van der Waals surface area contributed by atoms with Gasteiger partial charge in [-0.1, -0.05) is 0 Å². The van der Waals surface area contributed by atoms with Gasteiger partial charge in [-0.05, 0) is 24.3 Å². The first-order valence-corrected chi connectivity index (χ1v) is 8.63. The third kappa shape index (κ3) is 3.11. The molecule has 0 aliphatic carbocycles. The van der Waals surface area contributed by atoms with Crippen molar-refractivity contribution in [2.75, 3.05) is 20.3 Å². The van der Waals surface area contributed by atoms with Gasteiger partial charge in [0.05, 0.1) is 19.2 Å². The first-order chi connectivity index (χ1) is 13.1. The molecule has 7 heteroatoms. The van der Waals surface area contributed by atoms with Gasteiger partial charge < -0.3 is 29.2 Å². The molecule has 0 aliphatic heterocycles. The zero-order valence-electron chi connectivity index (χ0n) is 15.1. The van der Waals surface area contributed by atoms with Gasteiger partial charge in [-0.2, -0.15) is 0 Å². The van der Waals surface area contributed by atoms with E-state index in [1.54, 1.807) is 13.3 Å². The van der Waals surface area contributed by atoms with Crippen molar-refractivity contribution < 1.29 is 19.7 Å². The molecule has 3 N–H and O–H groups in total. The summed E-state index contributed by atoms with van der Waals surface area (Å²) in [7, 11) is 3.55. The molecule has 27 heavy (non-hydrogen) atoms. The second-order valence-electron chi connectivity index (χ2n) is 6.45. The van der Waals surface area contributed by atoms with Crippen LogP contribution in [0.25, 0.3) is 33.2 Å². The number of nitrogens with zero attached hydrogens (tertiary/aromatic N) is 2. The lowest BCUT2D eigenvalue weighted by molar-refractivity contribution is 0.0528. The number of aryl methyl sites for hydroxylation is 1. The molecule has 3 heterocycles. The molecule has 0 saturated carbocycles. The summed E-state index contributed by atoms with van der Waals surface area (Å²) in [6.07, 6.45) is 2.86. The van der Waals surface area contributed by atoms with Crippen LogP contribution in [-0.2, 0) is 7.05 Å². The van der Waals surface area contributed by atoms with Crippen LogP contribution in [0.2, 0.25) is 0 Å². The Hall–Kier alpha value is -3.03. The Balaban J connectivity index is 1.83. The Morgan fingerprint density at radius 1 is 1.26 bits per heavy atom. The summed E-state index contributed by atoms with van der Waals surface area (Å²) in [5.41, 5.74) is 3.80. The molecular weight excluding hydrogens is 346 g/mol. The van der Waals surface area contributed by atoms with Gasteiger partial charge in [0.25, 0.3) is 0 Å². The first kappa shape index (κ1) is 17.4. The van der Waals surface area contributed by atoms with E-state index in [4.69, 9.17) is 14.6 Å². The van der Waals surface area contributed by atoms with Gasteiger partial charge in [0, 0.05) is 47.5 Å². The lowest BCUT2D eigenvalue weighted by Gasteiger charge is -2.13. The van der Waals surface area contributed by atoms with Crippen LogP contribution in [0.4, 0.5) is 0 Å². The fraction of sp³-hybridized carbons (Fsp3) is 0.250. The number of benzene rings is 1. The Morgan fingerprint density at radius 2 is 2.11 bits per heavy atom. The highest BCUT2D eigenvalue weighted by atomic mass is 16.5. The molecule has 0 radical (unpaired) electrons. The average Bonchev–Trinajstić information content (AvgIpc) is 3.26. The van der Waals surface area contributed by atoms with Gasteiger partial charge in [-0.15, -0.1) is 0 Å². The first-order valence-electron chi connectivity index (χ1n) is 8.63. The summed E-state index contributed by atoms with van der Waals surface area (Å²) in [6.45, 7) is -0.375. The fourth-order valence-corrected chi connectivity index (χ4v) is 3.22.